The number of aromatic nitrogens is 3. The molecule has 2 rings (SSSR count). The standard InChI is InChI=1S/C17H24N4O3S/c1-5-6-15-19-20-17(25)21(15)10-16(22)18-11(2)13-9-12(23-3)7-8-14(13)24-4/h7-9,11H,5-6,10H2,1-4H3,(H,18,22)(H,20,25). The van der Waals surface area contributed by atoms with Gasteiger partial charge in [-0.25, -0.2) is 0 Å². The van der Waals surface area contributed by atoms with Crippen LogP contribution in [-0.4, -0.2) is 34.9 Å². The highest BCUT2D eigenvalue weighted by atomic mass is 32.1. The van der Waals surface area contributed by atoms with E-state index >= 15 is 0 Å². The number of nitrogens with zero attached hydrogens (tertiary/aromatic N) is 2. The van der Waals surface area contributed by atoms with E-state index < -0.39 is 0 Å². The molecule has 0 bridgehead atoms. The predicted octanol–water partition coefficient (Wildman–Crippen LogP) is 2.79. The summed E-state index contributed by atoms with van der Waals surface area (Å²) in [4.78, 5) is 12.5. The van der Waals surface area contributed by atoms with Gasteiger partial charge in [-0.05, 0) is 43.8 Å². The first-order chi connectivity index (χ1) is 12.0. The monoisotopic (exact) mass is 364 g/mol. The van der Waals surface area contributed by atoms with Crippen LogP contribution in [-0.2, 0) is 17.8 Å². The summed E-state index contributed by atoms with van der Waals surface area (Å²) in [6.07, 6.45) is 1.69. The van der Waals surface area contributed by atoms with Crippen molar-refractivity contribution in [2.24, 2.45) is 0 Å². The Morgan fingerprint density at radius 1 is 1.40 bits per heavy atom. The van der Waals surface area contributed by atoms with Gasteiger partial charge in [-0.15, -0.1) is 0 Å². The smallest absolute Gasteiger partial charge is 0.240 e. The highest BCUT2D eigenvalue weighted by molar-refractivity contribution is 7.71. The lowest BCUT2D eigenvalue weighted by atomic mass is 10.1. The van der Waals surface area contributed by atoms with Gasteiger partial charge in [0.25, 0.3) is 0 Å². The minimum absolute atomic E-state index is 0.126. The Kier molecular flexibility index (Phi) is 6.58. The third-order valence-corrected chi connectivity index (χ3v) is 4.21. The first kappa shape index (κ1) is 19.0. The maximum Gasteiger partial charge on any atom is 0.240 e. The average molecular weight is 364 g/mol. The van der Waals surface area contributed by atoms with Crippen LogP contribution in [0.3, 0.4) is 0 Å². The molecule has 7 nitrogen and oxygen atoms in total. The largest absolute Gasteiger partial charge is 0.497 e. The van der Waals surface area contributed by atoms with Gasteiger partial charge in [0.1, 0.15) is 23.9 Å². The van der Waals surface area contributed by atoms with Crippen LogP contribution >= 0.6 is 12.2 Å². The van der Waals surface area contributed by atoms with Gasteiger partial charge >= 0.3 is 0 Å². The molecule has 136 valence electrons. The number of aromatic amines is 1. The molecule has 1 unspecified atom stereocenters. The molecule has 8 heteroatoms. The lowest BCUT2D eigenvalue weighted by Gasteiger charge is -2.18. The number of hydrogen-bond donors (Lipinski definition) is 2. The number of carbonyl (C=O) groups excluding carboxylic acids is 1. The van der Waals surface area contributed by atoms with Crippen LogP contribution in [0.15, 0.2) is 18.2 Å². The lowest BCUT2D eigenvalue weighted by molar-refractivity contribution is -0.122. The van der Waals surface area contributed by atoms with E-state index in [0.29, 0.717) is 16.3 Å². The quantitative estimate of drug-likeness (QED) is 0.704. The third kappa shape index (κ3) is 4.60. The van der Waals surface area contributed by atoms with Crippen molar-refractivity contribution in [1.82, 2.24) is 20.1 Å². The zero-order chi connectivity index (χ0) is 18.4. The molecule has 1 aromatic carbocycles. The SMILES string of the molecule is CCCc1n[nH]c(=S)n1CC(=O)NC(C)c1cc(OC)ccc1OC. The number of ether oxygens (including phenoxy) is 2. The van der Waals surface area contributed by atoms with Crippen LogP contribution in [0.25, 0.3) is 0 Å². The summed E-state index contributed by atoms with van der Waals surface area (Å²) < 4.78 is 12.8. The molecule has 0 spiro atoms. The fourth-order valence-corrected chi connectivity index (χ4v) is 2.83. The molecule has 0 saturated carbocycles. The first-order valence-electron chi connectivity index (χ1n) is 8.15. The maximum atomic E-state index is 12.5. The van der Waals surface area contributed by atoms with Crippen LogP contribution in [0, 0.1) is 4.77 Å². The zero-order valence-electron chi connectivity index (χ0n) is 15.0. The van der Waals surface area contributed by atoms with Crippen LogP contribution < -0.4 is 14.8 Å². The van der Waals surface area contributed by atoms with Gasteiger partial charge in [0.2, 0.25) is 5.91 Å². The molecule has 1 aromatic heterocycles. The molecule has 2 aromatic rings. The van der Waals surface area contributed by atoms with E-state index in [-0.39, 0.29) is 18.5 Å². The van der Waals surface area contributed by atoms with E-state index in [9.17, 15) is 4.79 Å². The minimum atomic E-state index is -0.242. The fourth-order valence-electron chi connectivity index (χ4n) is 2.61. The van der Waals surface area contributed by atoms with Gasteiger partial charge in [0, 0.05) is 12.0 Å². The Labute approximate surface area is 152 Å². The summed E-state index contributed by atoms with van der Waals surface area (Å²) in [7, 11) is 3.20. The highest BCUT2D eigenvalue weighted by Gasteiger charge is 2.17. The van der Waals surface area contributed by atoms with Gasteiger partial charge in [0.15, 0.2) is 4.77 Å². The lowest BCUT2D eigenvalue weighted by Crippen LogP contribution is -2.31. The number of H-pyrrole nitrogens is 1. The summed E-state index contributed by atoms with van der Waals surface area (Å²) in [5.74, 6) is 2.04. The Hall–Kier alpha value is -2.35. The molecule has 25 heavy (non-hydrogen) atoms. The van der Waals surface area contributed by atoms with Crippen molar-refractivity contribution in [2.45, 2.75) is 39.3 Å². The van der Waals surface area contributed by atoms with Gasteiger partial charge in [-0.3, -0.25) is 14.5 Å². The van der Waals surface area contributed by atoms with E-state index in [1.54, 1.807) is 18.8 Å². The van der Waals surface area contributed by atoms with Gasteiger partial charge in [0.05, 0.1) is 20.3 Å². The molecule has 1 atom stereocenters. The number of rotatable bonds is 8. The Morgan fingerprint density at radius 2 is 2.16 bits per heavy atom. The number of nitrogens with one attached hydrogen (secondary N) is 2. The normalized spacial score (nSPS) is 11.8. The Balaban J connectivity index is 2.13. The average Bonchev–Trinajstić information content (AvgIpc) is 2.94. The van der Waals surface area contributed by atoms with Crippen LogP contribution in [0.5, 0.6) is 11.5 Å². The number of amides is 1. The van der Waals surface area contributed by atoms with Crippen molar-refractivity contribution in [3.63, 3.8) is 0 Å². The summed E-state index contributed by atoms with van der Waals surface area (Å²) in [5.41, 5.74) is 0.847. The molecule has 0 aliphatic carbocycles. The summed E-state index contributed by atoms with van der Waals surface area (Å²) >= 11 is 5.21. The predicted molar refractivity (Wildman–Crippen MR) is 97.5 cm³/mol. The maximum absolute atomic E-state index is 12.5. The second kappa shape index (κ2) is 8.66. The van der Waals surface area contributed by atoms with Crippen molar-refractivity contribution in [3.05, 3.63) is 34.4 Å². The summed E-state index contributed by atoms with van der Waals surface area (Å²) in [6.45, 7) is 4.08. The van der Waals surface area contributed by atoms with E-state index in [4.69, 9.17) is 21.7 Å². The van der Waals surface area contributed by atoms with Gasteiger partial charge in [-0.2, -0.15) is 5.10 Å². The van der Waals surface area contributed by atoms with Crippen LogP contribution in [0.1, 0.15) is 37.7 Å². The number of carbonyl (C=O) groups is 1. The molecule has 0 fully saturated rings. The topological polar surface area (TPSA) is 81.2 Å². The summed E-state index contributed by atoms with van der Waals surface area (Å²) in [6, 6.07) is 5.25. The minimum Gasteiger partial charge on any atom is -0.497 e. The van der Waals surface area contributed by atoms with Crippen molar-refractivity contribution in [2.75, 3.05) is 14.2 Å². The van der Waals surface area contributed by atoms with Crippen molar-refractivity contribution >= 4 is 18.1 Å². The van der Waals surface area contributed by atoms with E-state index in [1.807, 2.05) is 25.1 Å². The van der Waals surface area contributed by atoms with E-state index in [2.05, 4.69) is 22.4 Å². The fraction of sp³-hybridized carbons (Fsp3) is 0.471. The molecule has 0 aliphatic heterocycles. The van der Waals surface area contributed by atoms with Crippen LogP contribution in [0.4, 0.5) is 0 Å². The van der Waals surface area contributed by atoms with Crippen molar-refractivity contribution < 1.29 is 14.3 Å². The van der Waals surface area contributed by atoms with Crippen molar-refractivity contribution in [3.8, 4) is 11.5 Å². The highest BCUT2D eigenvalue weighted by Crippen LogP contribution is 2.29. The second-order valence-electron chi connectivity index (χ2n) is 5.68. The number of aryl methyl sites for hydroxylation is 1. The molecule has 1 heterocycles. The molecule has 0 saturated heterocycles. The molecule has 0 aliphatic rings. The van der Waals surface area contributed by atoms with Gasteiger partial charge < -0.3 is 14.8 Å². The molecular formula is C17H24N4O3S. The Bertz CT molecular complexity index is 784. The van der Waals surface area contributed by atoms with Gasteiger partial charge in [-0.1, -0.05) is 6.92 Å². The number of methoxy groups -OCH3 is 2. The third-order valence-electron chi connectivity index (χ3n) is 3.89. The van der Waals surface area contributed by atoms with Crippen molar-refractivity contribution in [1.29, 1.82) is 0 Å². The zero-order valence-corrected chi connectivity index (χ0v) is 15.8. The molecule has 2 N–H and O–H groups in total. The number of hydrogen-bond acceptors (Lipinski definition) is 5. The van der Waals surface area contributed by atoms with E-state index in [1.165, 1.54) is 0 Å². The first-order valence-corrected chi connectivity index (χ1v) is 8.56. The van der Waals surface area contributed by atoms with Crippen LogP contribution in [0.2, 0.25) is 0 Å². The second-order valence-corrected chi connectivity index (χ2v) is 6.06. The number of benzene rings is 1. The Morgan fingerprint density at radius 3 is 2.80 bits per heavy atom. The molecule has 0 radical (unpaired) electrons. The molecular weight excluding hydrogens is 340 g/mol. The summed E-state index contributed by atoms with van der Waals surface area (Å²) in [5, 5.41) is 9.89. The molecule has 1 amide bonds. The van der Waals surface area contributed by atoms with E-state index in [0.717, 1.165) is 24.2 Å².